The maximum absolute atomic E-state index is 13.6. The summed E-state index contributed by atoms with van der Waals surface area (Å²) in [7, 11) is 0. The van der Waals surface area contributed by atoms with Gasteiger partial charge in [0, 0.05) is 6.07 Å². The molecule has 0 bridgehead atoms. The Hall–Kier alpha value is -2.84. The molecule has 20 heavy (non-hydrogen) atoms. The minimum absolute atomic E-state index is 0.0369. The number of primary amides is 2. The van der Waals surface area contributed by atoms with Crippen molar-refractivity contribution >= 4 is 29.2 Å². The quantitative estimate of drug-likeness (QED) is 0.485. The Morgan fingerprint density at radius 1 is 1.15 bits per heavy atom. The van der Waals surface area contributed by atoms with E-state index in [1.807, 2.05) is 0 Å². The molecule has 0 saturated heterocycles. The molecule has 108 valence electrons. The van der Waals surface area contributed by atoms with Gasteiger partial charge in [0.1, 0.15) is 5.82 Å². The number of aromatic carboxylic acids is 1. The van der Waals surface area contributed by atoms with Gasteiger partial charge in [-0.15, -0.1) is 0 Å². The minimum Gasteiger partial charge on any atom is -0.478 e. The molecule has 0 radical (unpaired) electrons. The fourth-order valence-electron chi connectivity index (χ4n) is 1.62. The summed E-state index contributed by atoms with van der Waals surface area (Å²) in [6.45, 7) is -0.835. The Morgan fingerprint density at radius 3 is 2.05 bits per heavy atom. The van der Waals surface area contributed by atoms with Crippen LogP contribution in [0.3, 0.4) is 0 Å². The number of carboxylic acids is 1. The van der Waals surface area contributed by atoms with Gasteiger partial charge < -0.3 is 27.2 Å². The number of benzene rings is 1. The van der Waals surface area contributed by atoms with E-state index in [1.165, 1.54) is 0 Å². The first kappa shape index (κ1) is 15.2. The molecule has 0 aromatic heterocycles. The molecule has 0 aliphatic rings. The van der Waals surface area contributed by atoms with Gasteiger partial charge in [-0.1, -0.05) is 0 Å². The molecule has 1 aromatic carbocycles. The smallest absolute Gasteiger partial charge is 0.338 e. The van der Waals surface area contributed by atoms with Crippen LogP contribution in [0.5, 0.6) is 0 Å². The highest BCUT2D eigenvalue weighted by atomic mass is 19.1. The number of nitrogen functional groups attached to an aromatic ring is 1. The van der Waals surface area contributed by atoms with E-state index in [0.29, 0.717) is 0 Å². The van der Waals surface area contributed by atoms with Crippen molar-refractivity contribution in [1.82, 2.24) is 0 Å². The molecular formula is C11H13FN4O4. The highest BCUT2D eigenvalue weighted by Crippen LogP contribution is 2.26. The van der Waals surface area contributed by atoms with Crippen molar-refractivity contribution in [3.63, 3.8) is 0 Å². The second-order valence-corrected chi connectivity index (χ2v) is 3.98. The molecule has 1 rings (SSSR count). The number of nitrogens with two attached hydrogens (primary N) is 3. The van der Waals surface area contributed by atoms with Crippen molar-refractivity contribution in [2.24, 2.45) is 11.5 Å². The fraction of sp³-hybridized carbons (Fsp3) is 0.182. The molecule has 0 aliphatic heterocycles. The summed E-state index contributed by atoms with van der Waals surface area (Å²) >= 11 is 0. The highest BCUT2D eigenvalue weighted by Gasteiger charge is 2.19. The molecule has 9 heteroatoms. The Balaban J connectivity index is 3.26. The average molecular weight is 284 g/mol. The van der Waals surface area contributed by atoms with E-state index >= 15 is 0 Å². The number of amides is 2. The molecule has 7 N–H and O–H groups in total. The summed E-state index contributed by atoms with van der Waals surface area (Å²) < 4.78 is 13.6. The standard InChI is InChI=1S/C11H13FN4O4/c12-6-2-8(7(13)1-5(6)11(19)20)16(3-9(14)17)4-10(15)18/h1-2H,3-4,13H2,(H2,14,17)(H2,15,18)(H,19,20). The van der Waals surface area contributed by atoms with Crippen LogP contribution < -0.4 is 22.1 Å². The average Bonchev–Trinajstić information content (AvgIpc) is 2.29. The molecule has 0 fully saturated rings. The number of nitrogens with zero attached hydrogens (tertiary/aromatic N) is 1. The van der Waals surface area contributed by atoms with Crippen LogP contribution >= 0.6 is 0 Å². The number of hydrogen-bond acceptors (Lipinski definition) is 5. The lowest BCUT2D eigenvalue weighted by Crippen LogP contribution is -2.40. The number of hydrogen-bond donors (Lipinski definition) is 4. The van der Waals surface area contributed by atoms with Crippen molar-refractivity contribution < 1.29 is 23.9 Å². The van der Waals surface area contributed by atoms with Gasteiger partial charge in [-0.25, -0.2) is 9.18 Å². The van der Waals surface area contributed by atoms with Crippen molar-refractivity contribution in [2.75, 3.05) is 23.7 Å². The van der Waals surface area contributed by atoms with Gasteiger partial charge >= 0.3 is 5.97 Å². The molecule has 0 atom stereocenters. The molecule has 0 aliphatic carbocycles. The van der Waals surface area contributed by atoms with Gasteiger partial charge in [-0.3, -0.25) is 9.59 Å². The zero-order valence-corrected chi connectivity index (χ0v) is 10.3. The van der Waals surface area contributed by atoms with Gasteiger partial charge in [-0.05, 0) is 6.07 Å². The lowest BCUT2D eigenvalue weighted by atomic mass is 10.1. The predicted octanol–water partition coefficient (Wildman–Crippen LogP) is -1.12. The molecule has 2 amide bonds. The van der Waals surface area contributed by atoms with Gasteiger partial charge in [0.25, 0.3) is 0 Å². The number of carbonyl (C=O) groups is 3. The number of carbonyl (C=O) groups excluding carboxylic acids is 2. The predicted molar refractivity (Wildman–Crippen MR) is 68.4 cm³/mol. The molecule has 0 saturated carbocycles. The highest BCUT2D eigenvalue weighted by molar-refractivity contribution is 5.92. The minimum atomic E-state index is -1.49. The van der Waals surface area contributed by atoms with Crippen LogP contribution in [0.1, 0.15) is 10.4 Å². The first-order valence-corrected chi connectivity index (χ1v) is 5.36. The molecule has 0 spiro atoms. The van der Waals surface area contributed by atoms with Crippen LogP contribution in [0.25, 0.3) is 0 Å². The fourth-order valence-corrected chi connectivity index (χ4v) is 1.62. The van der Waals surface area contributed by atoms with Crippen LogP contribution in [0.2, 0.25) is 0 Å². The van der Waals surface area contributed by atoms with Crippen molar-refractivity contribution in [3.05, 3.63) is 23.5 Å². The van der Waals surface area contributed by atoms with Gasteiger partial charge in [0.15, 0.2) is 0 Å². The Bertz CT molecular complexity index is 560. The normalized spacial score (nSPS) is 10.1. The van der Waals surface area contributed by atoms with Crippen LogP contribution in [0.15, 0.2) is 12.1 Å². The Labute approximate surface area is 112 Å². The van der Waals surface area contributed by atoms with Crippen molar-refractivity contribution in [2.45, 2.75) is 0 Å². The summed E-state index contributed by atoms with van der Waals surface area (Å²) in [5.41, 5.74) is 14.8. The van der Waals surface area contributed by atoms with E-state index in [4.69, 9.17) is 22.3 Å². The third-order valence-corrected chi connectivity index (χ3v) is 2.38. The van der Waals surface area contributed by atoms with E-state index in [-0.39, 0.29) is 11.4 Å². The van der Waals surface area contributed by atoms with Crippen LogP contribution in [0, 0.1) is 5.82 Å². The maximum Gasteiger partial charge on any atom is 0.338 e. The summed E-state index contributed by atoms with van der Waals surface area (Å²) in [5.74, 6) is -4.11. The first-order chi connectivity index (χ1) is 9.22. The van der Waals surface area contributed by atoms with Crippen LogP contribution in [-0.4, -0.2) is 36.0 Å². The topological polar surface area (TPSA) is 153 Å². The third kappa shape index (κ3) is 3.57. The monoisotopic (exact) mass is 284 g/mol. The molecule has 0 unspecified atom stereocenters. The number of halogens is 1. The van der Waals surface area contributed by atoms with E-state index in [9.17, 15) is 18.8 Å². The largest absolute Gasteiger partial charge is 0.478 e. The van der Waals surface area contributed by atoms with Gasteiger partial charge in [-0.2, -0.15) is 0 Å². The first-order valence-electron chi connectivity index (χ1n) is 5.36. The summed E-state index contributed by atoms with van der Waals surface area (Å²) in [4.78, 5) is 33.7. The molecule has 8 nitrogen and oxygen atoms in total. The van der Waals surface area contributed by atoms with Crippen LogP contribution in [0.4, 0.5) is 15.8 Å². The Morgan fingerprint density at radius 2 is 1.65 bits per heavy atom. The van der Waals surface area contributed by atoms with E-state index in [1.54, 1.807) is 0 Å². The second kappa shape index (κ2) is 5.87. The number of anilines is 2. The SMILES string of the molecule is NC(=O)CN(CC(N)=O)c1cc(F)c(C(=O)O)cc1N. The summed E-state index contributed by atoms with van der Waals surface area (Å²) in [5, 5.41) is 8.75. The lowest BCUT2D eigenvalue weighted by molar-refractivity contribution is -0.117. The lowest BCUT2D eigenvalue weighted by Gasteiger charge is -2.23. The summed E-state index contributed by atoms with van der Waals surface area (Å²) in [6, 6.07) is 1.70. The number of rotatable bonds is 6. The molecule has 1 aromatic rings. The van der Waals surface area contributed by atoms with Crippen molar-refractivity contribution in [3.8, 4) is 0 Å². The van der Waals surface area contributed by atoms with Crippen LogP contribution in [-0.2, 0) is 9.59 Å². The Kier molecular flexibility index (Phi) is 4.46. The van der Waals surface area contributed by atoms with Gasteiger partial charge in [0.05, 0.1) is 30.0 Å². The van der Waals surface area contributed by atoms with E-state index < -0.39 is 42.3 Å². The summed E-state index contributed by atoms with van der Waals surface area (Å²) in [6.07, 6.45) is 0. The second-order valence-electron chi connectivity index (χ2n) is 3.98. The third-order valence-electron chi connectivity index (χ3n) is 2.38. The maximum atomic E-state index is 13.6. The molecular weight excluding hydrogens is 271 g/mol. The zero-order valence-electron chi connectivity index (χ0n) is 10.3. The zero-order chi connectivity index (χ0) is 15.4. The number of carboxylic acid groups (broad SMARTS) is 1. The van der Waals surface area contributed by atoms with E-state index in [2.05, 4.69) is 0 Å². The van der Waals surface area contributed by atoms with Gasteiger partial charge in [0.2, 0.25) is 11.8 Å². The molecule has 0 heterocycles. The van der Waals surface area contributed by atoms with Crippen molar-refractivity contribution in [1.29, 1.82) is 0 Å². The van der Waals surface area contributed by atoms with E-state index in [0.717, 1.165) is 17.0 Å².